The van der Waals surface area contributed by atoms with Crippen LogP contribution in [0.5, 0.6) is 0 Å². The van der Waals surface area contributed by atoms with E-state index in [1.54, 1.807) is 37.6 Å². The lowest BCUT2D eigenvalue weighted by Crippen LogP contribution is -2.23. The van der Waals surface area contributed by atoms with Gasteiger partial charge in [0.15, 0.2) is 0 Å². The van der Waals surface area contributed by atoms with E-state index in [2.05, 4.69) is 19.9 Å². The maximum atomic E-state index is 13.4. The van der Waals surface area contributed by atoms with Crippen molar-refractivity contribution in [2.45, 2.75) is 6.92 Å². The molecule has 140 valence electrons. The lowest BCUT2D eigenvalue weighted by molar-refractivity contribution is -0.116. The molecule has 0 aliphatic carbocycles. The van der Waals surface area contributed by atoms with Gasteiger partial charge in [-0.25, -0.2) is 9.37 Å². The van der Waals surface area contributed by atoms with E-state index < -0.39 is 5.82 Å². The third-order valence-electron chi connectivity index (χ3n) is 4.43. The van der Waals surface area contributed by atoms with Crippen LogP contribution >= 0.6 is 11.6 Å². The first kappa shape index (κ1) is 18.1. The van der Waals surface area contributed by atoms with Crippen molar-refractivity contribution in [2.75, 3.05) is 11.9 Å². The molecule has 0 unspecified atom stereocenters. The molecule has 4 aromatic rings. The molecule has 0 aromatic carbocycles. The summed E-state index contributed by atoms with van der Waals surface area (Å²) in [6, 6.07) is 8.33. The average molecular weight is 396 g/mol. The van der Waals surface area contributed by atoms with Gasteiger partial charge in [0.05, 0.1) is 39.2 Å². The van der Waals surface area contributed by atoms with Gasteiger partial charge in [-0.15, -0.1) is 0 Å². The Bertz CT molecular complexity index is 1190. The maximum Gasteiger partial charge on any atom is 0.224 e. The van der Waals surface area contributed by atoms with Gasteiger partial charge in [-0.05, 0) is 30.3 Å². The molecule has 0 aliphatic heterocycles. The molecule has 0 aliphatic rings. The van der Waals surface area contributed by atoms with E-state index in [1.165, 1.54) is 17.9 Å². The minimum Gasteiger partial charge on any atom is -0.353 e. The van der Waals surface area contributed by atoms with E-state index in [0.717, 1.165) is 23.0 Å². The first-order valence-electron chi connectivity index (χ1n) is 8.44. The fraction of sp³-hybridized carbons (Fsp3) is 0.100. The lowest BCUT2D eigenvalue weighted by Gasteiger charge is -2.14. The summed E-state index contributed by atoms with van der Waals surface area (Å²) in [5, 5.41) is 0.491. The predicted molar refractivity (Wildman–Crippen MR) is 107 cm³/mol. The summed E-state index contributed by atoms with van der Waals surface area (Å²) in [6.07, 6.45) is 4.34. The van der Waals surface area contributed by atoms with Gasteiger partial charge in [0.25, 0.3) is 0 Å². The van der Waals surface area contributed by atoms with Gasteiger partial charge in [-0.1, -0.05) is 11.6 Å². The Kier molecular flexibility index (Phi) is 4.52. The number of hydrogen-bond acceptors (Lipinski definition) is 4. The second kappa shape index (κ2) is 7.01. The monoisotopic (exact) mass is 395 g/mol. The van der Waals surface area contributed by atoms with Crippen molar-refractivity contribution in [2.24, 2.45) is 0 Å². The number of aromatic amines is 1. The number of pyridine rings is 3. The van der Waals surface area contributed by atoms with Crippen LogP contribution < -0.4 is 4.90 Å². The largest absolute Gasteiger partial charge is 0.353 e. The maximum absolute atomic E-state index is 13.4. The number of H-pyrrole nitrogens is 1. The van der Waals surface area contributed by atoms with Crippen LogP contribution in [0.15, 0.2) is 48.9 Å². The highest BCUT2D eigenvalue weighted by molar-refractivity contribution is 6.31. The number of nitrogens with zero attached hydrogens (tertiary/aromatic N) is 4. The van der Waals surface area contributed by atoms with E-state index in [1.807, 2.05) is 6.07 Å². The van der Waals surface area contributed by atoms with Crippen LogP contribution in [0.2, 0.25) is 5.02 Å². The Balaban J connectivity index is 1.96. The number of carbonyl (C=O) groups is 1. The fourth-order valence-corrected chi connectivity index (χ4v) is 3.12. The molecule has 0 saturated carbocycles. The summed E-state index contributed by atoms with van der Waals surface area (Å²) in [5.41, 5.74) is 4.18. The van der Waals surface area contributed by atoms with Gasteiger partial charge in [0, 0.05) is 31.9 Å². The van der Waals surface area contributed by atoms with Crippen LogP contribution in [-0.2, 0) is 4.79 Å². The van der Waals surface area contributed by atoms with Gasteiger partial charge in [0.1, 0.15) is 11.6 Å². The van der Waals surface area contributed by atoms with Crippen molar-refractivity contribution in [1.29, 1.82) is 0 Å². The topological polar surface area (TPSA) is 74.8 Å². The fourth-order valence-electron chi connectivity index (χ4n) is 2.96. The molecule has 0 spiro atoms. The number of fused-ring (bicyclic) bond motifs is 1. The minimum absolute atomic E-state index is 0.129. The van der Waals surface area contributed by atoms with Crippen LogP contribution in [0.4, 0.5) is 10.2 Å². The zero-order valence-corrected chi connectivity index (χ0v) is 15.8. The third kappa shape index (κ3) is 3.20. The second-order valence-corrected chi connectivity index (χ2v) is 6.70. The van der Waals surface area contributed by atoms with Crippen LogP contribution in [0, 0.1) is 5.82 Å². The van der Waals surface area contributed by atoms with E-state index in [-0.39, 0.29) is 5.91 Å². The Morgan fingerprint density at radius 1 is 1.14 bits per heavy atom. The van der Waals surface area contributed by atoms with Crippen LogP contribution in [0.25, 0.3) is 33.5 Å². The summed E-state index contributed by atoms with van der Waals surface area (Å²) in [6.45, 7) is 1.47. The number of aromatic nitrogens is 4. The molecular weight excluding hydrogens is 381 g/mol. The van der Waals surface area contributed by atoms with E-state index >= 15 is 0 Å². The van der Waals surface area contributed by atoms with Crippen LogP contribution in [0.3, 0.4) is 0 Å². The molecule has 6 nitrogen and oxygen atoms in total. The molecular formula is C20H15ClFN5O. The summed E-state index contributed by atoms with van der Waals surface area (Å²) < 4.78 is 13.4. The number of halogens is 2. The van der Waals surface area contributed by atoms with Crippen LogP contribution in [0.1, 0.15) is 6.92 Å². The molecule has 4 rings (SSSR count). The lowest BCUT2D eigenvalue weighted by atomic mass is 10.0. The smallest absolute Gasteiger partial charge is 0.224 e. The summed E-state index contributed by atoms with van der Waals surface area (Å²) in [5.74, 6) is -0.0433. The molecule has 28 heavy (non-hydrogen) atoms. The second-order valence-electron chi connectivity index (χ2n) is 6.27. The molecule has 0 bridgehead atoms. The number of hydrogen-bond donors (Lipinski definition) is 1. The number of carbonyl (C=O) groups excluding carboxylic acids is 1. The van der Waals surface area contributed by atoms with Crippen LogP contribution in [-0.4, -0.2) is 32.9 Å². The molecule has 1 N–H and O–H groups in total. The molecule has 0 fully saturated rings. The number of amides is 1. The van der Waals surface area contributed by atoms with Crippen molar-refractivity contribution in [3.05, 3.63) is 59.8 Å². The van der Waals surface area contributed by atoms with Gasteiger partial charge in [-0.2, -0.15) is 0 Å². The summed E-state index contributed by atoms with van der Waals surface area (Å²) in [4.78, 5) is 29.4. The molecule has 1 amide bonds. The van der Waals surface area contributed by atoms with Crippen molar-refractivity contribution < 1.29 is 9.18 Å². The third-order valence-corrected chi connectivity index (χ3v) is 4.64. The van der Waals surface area contributed by atoms with Gasteiger partial charge in [-0.3, -0.25) is 14.8 Å². The number of rotatable bonds is 3. The van der Waals surface area contributed by atoms with E-state index in [9.17, 15) is 9.18 Å². The Labute approximate surface area is 165 Å². The average Bonchev–Trinajstić information content (AvgIpc) is 3.06. The Morgan fingerprint density at radius 2 is 1.96 bits per heavy atom. The first-order valence-corrected chi connectivity index (χ1v) is 8.81. The van der Waals surface area contributed by atoms with Crippen molar-refractivity contribution in [3.8, 4) is 22.5 Å². The minimum atomic E-state index is -0.421. The van der Waals surface area contributed by atoms with Gasteiger partial charge in [0.2, 0.25) is 5.91 Å². The highest BCUT2D eigenvalue weighted by Gasteiger charge is 2.19. The molecule has 0 radical (unpaired) electrons. The summed E-state index contributed by atoms with van der Waals surface area (Å²) in [7, 11) is 1.66. The molecule has 4 heterocycles. The van der Waals surface area contributed by atoms with Gasteiger partial charge < -0.3 is 9.88 Å². The van der Waals surface area contributed by atoms with Crippen molar-refractivity contribution in [1.82, 2.24) is 19.9 Å². The van der Waals surface area contributed by atoms with Gasteiger partial charge >= 0.3 is 0 Å². The van der Waals surface area contributed by atoms with Crippen molar-refractivity contribution in [3.63, 3.8) is 0 Å². The Hall–Kier alpha value is -3.32. The SMILES string of the molecule is CC(=O)N(C)c1cc(-c2[nH]c3cc(Cl)cnc3c2-c2ccc(F)cn2)ccn1. The Morgan fingerprint density at radius 3 is 2.68 bits per heavy atom. The molecule has 0 atom stereocenters. The first-order chi connectivity index (χ1) is 13.4. The molecule has 0 saturated heterocycles. The molecule has 8 heteroatoms. The highest BCUT2D eigenvalue weighted by Crippen LogP contribution is 2.37. The predicted octanol–water partition coefficient (Wildman–Crippen LogP) is 4.46. The van der Waals surface area contributed by atoms with E-state index in [4.69, 9.17) is 11.6 Å². The number of anilines is 1. The number of nitrogens with one attached hydrogen (secondary N) is 1. The normalized spacial score (nSPS) is 11.0. The standard InChI is InChI=1S/C20H15ClFN5O/c1-11(28)27(2)17-7-12(5-6-23-17)19-18(15-4-3-14(22)10-24-15)20-16(26-19)8-13(21)9-25-20/h3-10,26H,1-2H3. The zero-order valence-electron chi connectivity index (χ0n) is 15.1. The molecule has 4 aromatic heterocycles. The highest BCUT2D eigenvalue weighted by atomic mass is 35.5. The quantitative estimate of drug-likeness (QED) is 0.555. The van der Waals surface area contributed by atoms with Crippen molar-refractivity contribution >= 4 is 34.4 Å². The van der Waals surface area contributed by atoms with E-state index in [0.29, 0.717) is 27.6 Å². The zero-order chi connectivity index (χ0) is 19.8. The summed E-state index contributed by atoms with van der Waals surface area (Å²) >= 11 is 6.09.